The first kappa shape index (κ1) is 11.3. The van der Waals surface area contributed by atoms with Gasteiger partial charge in [-0.15, -0.1) is 0 Å². The smallest absolute Gasteiger partial charge is 0.236 e. The van der Waals surface area contributed by atoms with Crippen molar-refractivity contribution in [2.24, 2.45) is 17.6 Å². The Kier molecular flexibility index (Phi) is 3.39. The summed E-state index contributed by atoms with van der Waals surface area (Å²) in [5, 5.41) is 0. The highest BCUT2D eigenvalue weighted by Crippen LogP contribution is 2.38. The maximum Gasteiger partial charge on any atom is 0.236 e. The molecule has 0 amide bonds. The predicted molar refractivity (Wildman–Crippen MR) is 62.0 cm³/mol. The van der Waals surface area contributed by atoms with Gasteiger partial charge in [-0.1, -0.05) is 13.3 Å². The monoisotopic (exact) mass is 221 g/mol. The number of hydrogen-bond acceptors (Lipinski definition) is 4. The van der Waals surface area contributed by atoms with E-state index in [0.29, 0.717) is 11.8 Å². The summed E-state index contributed by atoms with van der Waals surface area (Å²) in [5.74, 6) is 1.86. The second-order valence-electron chi connectivity index (χ2n) is 4.65. The standard InChI is InChI=1S/C12H19N3O/c1-8-3-4-9(7-8)10(13)11-12(16-2)15-6-5-14-11/h5-6,8-10H,3-4,7,13H2,1-2H3. The Labute approximate surface area is 96.2 Å². The molecular formula is C12H19N3O. The average Bonchev–Trinajstić information content (AvgIpc) is 2.75. The molecule has 1 aliphatic rings. The van der Waals surface area contributed by atoms with E-state index in [0.717, 1.165) is 11.6 Å². The van der Waals surface area contributed by atoms with Gasteiger partial charge in [-0.25, -0.2) is 4.98 Å². The van der Waals surface area contributed by atoms with Crippen LogP contribution in [0.1, 0.15) is 37.9 Å². The van der Waals surface area contributed by atoms with Gasteiger partial charge < -0.3 is 10.5 Å². The van der Waals surface area contributed by atoms with Crippen LogP contribution in [0, 0.1) is 11.8 Å². The van der Waals surface area contributed by atoms with Gasteiger partial charge in [0.25, 0.3) is 0 Å². The molecule has 4 heteroatoms. The second kappa shape index (κ2) is 4.78. The summed E-state index contributed by atoms with van der Waals surface area (Å²) in [6.45, 7) is 2.28. The zero-order chi connectivity index (χ0) is 11.5. The minimum atomic E-state index is -0.0476. The largest absolute Gasteiger partial charge is 0.480 e. The van der Waals surface area contributed by atoms with Gasteiger partial charge in [0, 0.05) is 12.4 Å². The SMILES string of the molecule is COc1nccnc1C(N)C1CCC(C)C1. The van der Waals surface area contributed by atoms with E-state index in [-0.39, 0.29) is 6.04 Å². The summed E-state index contributed by atoms with van der Waals surface area (Å²) in [7, 11) is 1.61. The third-order valence-electron chi connectivity index (χ3n) is 3.44. The van der Waals surface area contributed by atoms with E-state index in [2.05, 4.69) is 16.9 Å². The Morgan fingerprint density at radius 2 is 2.12 bits per heavy atom. The first-order chi connectivity index (χ1) is 7.72. The Balaban J connectivity index is 2.16. The van der Waals surface area contributed by atoms with Crippen LogP contribution in [-0.2, 0) is 0 Å². The zero-order valence-electron chi connectivity index (χ0n) is 9.89. The lowest BCUT2D eigenvalue weighted by Gasteiger charge is -2.19. The molecule has 0 aromatic carbocycles. The fourth-order valence-electron chi connectivity index (χ4n) is 2.52. The van der Waals surface area contributed by atoms with Crippen molar-refractivity contribution in [1.29, 1.82) is 0 Å². The molecule has 1 saturated carbocycles. The van der Waals surface area contributed by atoms with Crippen LogP contribution in [0.4, 0.5) is 0 Å². The van der Waals surface area contributed by atoms with E-state index in [1.165, 1.54) is 19.3 Å². The summed E-state index contributed by atoms with van der Waals surface area (Å²) in [5.41, 5.74) is 7.05. The topological polar surface area (TPSA) is 61.0 Å². The van der Waals surface area contributed by atoms with Gasteiger partial charge in [0.1, 0.15) is 5.69 Å². The molecule has 1 heterocycles. The number of hydrogen-bond donors (Lipinski definition) is 1. The Bertz CT molecular complexity index is 356. The zero-order valence-corrected chi connectivity index (χ0v) is 9.89. The molecule has 3 atom stereocenters. The van der Waals surface area contributed by atoms with Crippen molar-refractivity contribution in [3.8, 4) is 5.88 Å². The Hall–Kier alpha value is -1.16. The van der Waals surface area contributed by atoms with Crippen LogP contribution in [0.5, 0.6) is 5.88 Å². The van der Waals surface area contributed by atoms with Crippen molar-refractivity contribution in [3.05, 3.63) is 18.1 Å². The van der Waals surface area contributed by atoms with Gasteiger partial charge >= 0.3 is 0 Å². The van der Waals surface area contributed by atoms with Crippen LogP contribution in [-0.4, -0.2) is 17.1 Å². The average molecular weight is 221 g/mol. The summed E-state index contributed by atoms with van der Waals surface area (Å²) >= 11 is 0. The van der Waals surface area contributed by atoms with Crippen LogP contribution < -0.4 is 10.5 Å². The highest BCUT2D eigenvalue weighted by molar-refractivity contribution is 5.21. The number of nitrogens with zero attached hydrogens (tertiary/aromatic N) is 2. The van der Waals surface area contributed by atoms with E-state index in [4.69, 9.17) is 10.5 Å². The molecular weight excluding hydrogens is 202 g/mol. The van der Waals surface area contributed by atoms with Crippen LogP contribution in [0.15, 0.2) is 12.4 Å². The van der Waals surface area contributed by atoms with Crippen LogP contribution in [0.3, 0.4) is 0 Å². The summed E-state index contributed by atoms with van der Waals surface area (Å²) in [6, 6.07) is -0.0476. The third kappa shape index (κ3) is 2.16. The predicted octanol–water partition coefficient (Wildman–Crippen LogP) is 1.92. The maximum atomic E-state index is 6.26. The normalized spacial score (nSPS) is 26.7. The fraction of sp³-hybridized carbons (Fsp3) is 0.667. The quantitative estimate of drug-likeness (QED) is 0.847. The summed E-state index contributed by atoms with van der Waals surface area (Å²) in [4.78, 5) is 8.45. The molecule has 88 valence electrons. The maximum absolute atomic E-state index is 6.26. The minimum Gasteiger partial charge on any atom is -0.480 e. The second-order valence-corrected chi connectivity index (χ2v) is 4.65. The first-order valence-corrected chi connectivity index (χ1v) is 5.83. The van der Waals surface area contributed by atoms with Crippen molar-refractivity contribution >= 4 is 0 Å². The molecule has 0 aliphatic heterocycles. The first-order valence-electron chi connectivity index (χ1n) is 5.83. The number of rotatable bonds is 3. The van der Waals surface area contributed by atoms with E-state index >= 15 is 0 Å². The van der Waals surface area contributed by atoms with Gasteiger partial charge in [-0.05, 0) is 24.7 Å². The fourth-order valence-corrected chi connectivity index (χ4v) is 2.52. The van der Waals surface area contributed by atoms with Crippen molar-refractivity contribution in [2.75, 3.05) is 7.11 Å². The highest BCUT2D eigenvalue weighted by Gasteiger charge is 2.30. The third-order valence-corrected chi connectivity index (χ3v) is 3.44. The van der Waals surface area contributed by atoms with Crippen LogP contribution in [0.25, 0.3) is 0 Å². The molecule has 16 heavy (non-hydrogen) atoms. The van der Waals surface area contributed by atoms with E-state index < -0.39 is 0 Å². The number of aromatic nitrogens is 2. The van der Waals surface area contributed by atoms with Crippen molar-refractivity contribution in [2.45, 2.75) is 32.2 Å². The number of methoxy groups -OCH3 is 1. The Morgan fingerprint density at radius 3 is 2.75 bits per heavy atom. The molecule has 1 aromatic rings. The lowest BCUT2D eigenvalue weighted by molar-refractivity contribution is 0.361. The highest BCUT2D eigenvalue weighted by atomic mass is 16.5. The van der Waals surface area contributed by atoms with E-state index in [1.54, 1.807) is 19.5 Å². The number of ether oxygens (including phenoxy) is 1. The van der Waals surface area contributed by atoms with Gasteiger partial charge in [0.05, 0.1) is 13.2 Å². The van der Waals surface area contributed by atoms with Crippen LogP contribution in [0.2, 0.25) is 0 Å². The molecule has 0 bridgehead atoms. The van der Waals surface area contributed by atoms with Gasteiger partial charge in [0.15, 0.2) is 0 Å². The van der Waals surface area contributed by atoms with Crippen molar-refractivity contribution in [1.82, 2.24) is 9.97 Å². The molecule has 4 nitrogen and oxygen atoms in total. The molecule has 3 unspecified atom stereocenters. The summed E-state index contributed by atoms with van der Waals surface area (Å²) in [6.07, 6.45) is 6.94. The van der Waals surface area contributed by atoms with Crippen molar-refractivity contribution < 1.29 is 4.74 Å². The van der Waals surface area contributed by atoms with Gasteiger partial charge in [-0.2, -0.15) is 0 Å². The van der Waals surface area contributed by atoms with E-state index in [9.17, 15) is 0 Å². The molecule has 1 fully saturated rings. The summed E-state index contributed by atoms with van der Waals surface area (Å²) < 4.78 is 5.20. The van der Waals surface area contributed by atoms with Crippen molar-refractivity contribution in [3.63, 3.8) is 0 Å². The number of nitrogens with two attached hydrogens (primary N) is 1. The lowest BCUT2D eigenvalue weighted by atomic mass is 9.95. The molecule has 2 N–H and O–H groups in total. The molecule has 0 spiro atoms. The molecule has 1 aliphatic carbocycles. The molecule has 0 radical (unpaired) electrons. The molecule has 0 saturated heterocycles. The van der Waals surface area contributed by atoms with Gasteiger partial charge in [-0.3, -0.25) is 4.98 Å². The van der Waals surface area contributed by atoms with Crippen LogP contribution >= 0.6 is 0 Å². The minimum absolute atomic E-state index is 0.0476. The Morgan fingerprint density at radius 1 is 1.38 bits per heavy atom. The van der Waals surface area contributed by atoms with Gasteiger partial charge in [0.2, 0.25) is 5.88 Å². The van der Waals surface area contributed by atoms with E-state index in [1.807, 2.05) is 0 Å². The molecule has 2 rings (SSSR count). The lowest BCUT2D eigenvalue weighted by Crippen LogP contribution is -2.21. The molecule has 1 aromatic heterocycles.